The fourth-order valence-electron chi connectivity index (χ4n) is 3.22. The lowest BCUT2D eigenvalue weighted by Gasteiger charge is -2.30. The molecule has 0 bridgehead atoms. The molecule has 4 heteroatoms. The Morgan fingerprint density at radius 2 is 1.87 bits per heavy atom. The maximum absolute atomic E-state index is 13.0. The van der Waals surface area contributed by atoms with Crippen LogP contribution in [-0.2, 0) is 7.05 Å². The molecule has 1 amide bonds. The Kier molecular flexibility index (Phi) is 4.60. The van der Waals surface area contributed by atoms with E-state index in [4.69, 9.17) is 0 Å². The van der Waals surface area contributed by atoms with Crippen molar-refractivity contribution in [1.82, 2.24) is 9.47 Å². The van der Waals surface area contributed by atoms with Crippen molar-refractivity contribution < 1.29 is 4.79 Å². The van der Waals surface area contributed by atoms with Crippen molar-refractivity contribution in [3.63, 3.8) is 0 Å². The van der Waals surface area contributed by atoms with E-state index in [0.717, 1.165) is 32.2 Å². The number of rotatable bonds is 2. The van der Waals surface area contributed by atoms with Crippen LogP contribution < -0.4 is 5.56 Å². The van der Waals surface area contributed by atoms with Crippen molar-refractivity contribution in [3.8, 4) is 0 Å². The minimum absolute atomic E-state index is 0.0431. The van der Waals surface area contributed by atoms with Gasteiger partial charge in [-0.15, -0.1) is 0 Å². The maximum atomic E-state index is 13.0. The van der Waals surface area contributed by atoms with Gasteiger partial charge in [0.1, 0.15) is 0 Å². The summed E-state index contributed by atoms with van der Waals surface area (Å²) in [6.45, 7) is 0.744. The van der Waals surface area contributed by atoms with Gasteiger partial charge in [0.2, 0.25) is 0 Å². The Morgan fingerprint density at radius 1 is 1.09 bits per heavy atom. The number of amides is 1. The smallest absolute Gasteiger partial charge is 0.254 e. The fourth-order valence-corrected chi connectivity index (χ4v) is 3.22. The van der Waals surface area contributed by atoms with Gasteiger partial charge < -0.3 is 9.47 Å². The molecule has 1 fully saturated rings. The third-order valence-corrected chi connectivity index (χ3v) is 4.55. The average molecular weight is 310 g/mol. The molecule has 1 aromatic heterocycles. The van der Waals surface area contributed by atoms with Crippen LogP contribution in [0.15, 0.2) is 53.5 Å². The number of aryl methyl sites for hydroxylation is 1. The number of likely N-dealkylation sites (tertiary alicyclic amines) is 1. The van der Waals surface area contributed by atoms with Gasteiger partial charge in [0.25, 0.3) is 11.5 Å². The molecule has 0 spiro atoms. The summed E-state index contributed by atoms with van der Waals surface area (Å²) >= 11 is 0. The van der Waals surface area contributed by atoms with Gasteiger partial charge in [0.15, 0.2) is 0 Å². The van der Waals surface area contributed by atoms with Gasteiger partial charge in [0.05, 0.1) is 6.04 Å². The van der Waals surface area contributed by atoms with Gasteiger partial charge in [-0.05, 0) is 24.5 Å². The second-order valence-electron chi connectivity index (χ2n) is 6.14. The third-order valence-electron chi connectivity index (χ3n) is 4.55. The molecule has 23 heavy (non-hydrogen) atoms. The van der Waals surface area contributed by atoms with Gasteiger partial charge in [-0.1, -0.05) is 43.2 Å². The second kappa shape index (κ2) is 6.82. The number of nitrogens with zero attached hydrogens (tertiary/aromatic N) is 2. The molecule has 120 valence electrons. The molecule has 2 heterocycles. The SMILES string of the molecule is Cn1ccc(C(=O)N2CCCCC[C@@H]2c2ccccc2)cc1=O. The van der Waals surface area contributed by atoms with Crippen LogP contribution in [0.4, 0.5) is 0 Å². The van der Waals surface area contributed by atoms with E-state index in [2.05, 4.69) is 12.1 Å². The largest absolute Gasteiger partial charge is 0.332 e. The number of aromatic nitrogens is 1. The molecular formula is C19H22N2O2. The van der Waals surface area contributed by atoms with E-state index in [1.807, 2.05) is 23.1 Å². The first-order valence-corrected chi connectivity index (χ1v) is 8.19. The van der Waals surface area contributed by atoms with Crippen LogP contribution >= 0.6 is 0 Å². The van der Waals surface area contributed by atoms with E-state index in [-0.39, 0.29) is 17.5 Å². The quantitative estimate of drug-likeness (QED) is 0.855. The second-order valence-corrected chi connectivity index (χ2v) is 6.14. The van der Waals surface area contributed by atoms with E-state index in [1.165, 1.54) is 16.2 Å². The third kappa shape index (κ3) is 3.36. The lowest BCUT2D eigenvalue weighted by molar-refractivity contribution is 0.0680. The summed E-state index contributed by atoms with van der Waals surface area (Å²) in [6, 6.07) is 13.5. The van der Waals surface area contributed by atoms with Crippen molar-refractivity contribution in [2.45, 2.75) is 31.7 Å². The Bertz CT molecular complexity index is 737. The molecule has 3 rings (SSSR count). The highest BCUT2D eigenvalue weighted by Gasteiger charge is 2.27. The molecule has 2 aromatic rings. The first kappa shape index (κ1) is 15.5. The number of benzene rings is 1. The van der Waals surface area contributed by atoms with Gasteiger partial charge in [-0.2, -0.15) is 0 Å². The first-order valence-electron chi connectivity index (χ1n) is 8.19. The van der Waals surface area contributed by atoms with Gasteiger partial charge >= 0.3 is 0 Å². The van der Waals surface area contributed by atoms with E-state index in [0.29, 0.717) is 5.56 Å². The standard InChI is InChI=1S/C19H22N2O2/c1-20-13-11-16(14-18(20)22)19(23)21-12-7-3-6-10-17(21)15-8-4-2-5-9-15/h2,4-5,8-9,11,13-14,17H,3,6-7,10,12H2,1H3/t17-/m1/s1. The predicted molar refractivity (Wildman–Crippen MR) is 90.4 cm³/mol. The summed E-state index contributed by atoms with van der Waals surface area (Å²) in [5.41, 5.74) is 1.50. The molecule has 1 aliphatic rings. The molecule has 1 aliphatic heterocycles. The number of carbonyl (C=O) groups is 1. The maximum Gasteiger partial charge on any atom is 0.254 e. The molecule has 0 saturated carbocycles. The summed E-state index contributed by atoms with van der Waals surface area (Å²) in [5, 5.41) is 0. The molecule has 0 unspecified atom stereocenters. The van der Waals surface area contributed by atoms with Crippen LogP contribution in [0, 0.1) is 0 Å². The van der Waals surface area contributed by atoms with Crippen molar-refractivity contribution in [2.24, 2.45) is 7.05 Å². The van der Waals surface area contributed by atoms with E-state index >= 15 is 0 Å². The minimum atomic E-state index is -0.151. The van der Waals surface area contributed by atoms with Gasteiger partial charge in [0, 0.05) is 31.4 Å². The summed E-state index contributed by atoms with van der Waals surface area (Å²) in [4.78, 5) is 26.8. The van der Waals surface area contributed by atoms with Crippen molar-refractivity contribution >= 4 is 5.91 Å². The van der Waals surface area contributed by atoms with E-state index < -0.39 is 0 Å². The van der Waals surface area contributed by atoms with Crippen LogP contribution in [0.5, 0.6) is 0 Å². The van der Waals surface area contributed by atoms with Crippen molar-refractivity contribution in [2.75, 3.05) is 6.54 Å². The lowest BCUT2D eigenvalue weighted by Crippen LogP contribution is -2.35. The minimum Gasteiger partial charge on any atom is -0.332 e. The highest BCUT2D eigenvalue weighted by atomic mass is 16.2. The van der Waals surface area contributed by atoms with Crippen molar-refractivity contribution in [1.29, 1.82) is 0 Å². The Labute approximate surface area is 136 Å². The monoisotopic (exact) mass is 310 g/mol. The van der Waals surface area contributed by atoms with Crippen molar-refractivity contribution in [3.05, 3.63) is 70.1 Å². The molecule has 0 radical (unpaired) electrons. The molecule has 0 aliphatic carbocycles. The highest BCUT2D eigenvalue weighted by Crippen LogP contribution is 2.31. The predicted octanol–water partition coefficient (Wildman–Crippen LogP) is 3.14. The number of hydrogen-bond acceptors (Lipinski definition) is 2. The number of pyridine rings is 1. The zero-order valence-electron chi connectivity index (χ0n) is 13.4. The van der Waals surface area contributed by atoms with Crippen LogP contribution in [0.25, 0.3) is 0 Å². The van der Waals surface area contributed by atoms with Gasteiger partial charge in [-0.25, -0.2) is 0 Å². The van der Waals surface area contributed by atoms with Crippen LogP contribution in [0.3, 0.4) is 0 Å². The average Bonchev–Trinajstić information content (AvgIpc) is 2.83. The summed E-state index contributed by atoms with van der Waals surface area (Å²) < 4.78 is 1.48. The lowest BCUT2D eigenvalue weighted by atomic mass is 10.0. The van der Waals surface area contributed by atoms with Gasteiger partial charge in [-0.3, -0.25) is 9.59 Å². The summed E-state index contributed by atoms with van der Waals surface area (Å²) in [5.74, 6) is -0.0431. The first-order chi connectivity index (χ1) is 11.2. The van der Waals surface area contributed by atoms with Crippen LogP contribution in [0.2, 0.25) is 0 Å². The topological polar surface area (TPSA) is 42.3 Å². The Hall–Kier alpha value is -2.36. The molecule has 0 N–H and O–H groups in total. The zero-order chi connectivity index (χ0) is 16.2. The van der Waals surface area contributed by atoms with Crippen LogP contribution in [-0.4, -0.2) is 21.9 Å². The highest BCUT2D eigenvalue weighted by molar-refractivity contribution is 5.94. The fraction of sp³-hybridized carbons (Fsp3) is 0.368. The molecule has 1 atom stereocenters. The Balaban J connectivity index is 1.94. The number of carbonyl (C=O) groups excluding carboxylic acids is 1. The van der Waals surface area contributed by atoms with Crippen LogP contribution in [0.1, 0.15) is 47.6 Å². The zero-order valence-corrected chi connectivity index (χ0v) is 13.4. The Morgan fingerprint density at radius 3 is 2.61 bits per heavy atom. The summed E-state index contributed by atoms with van der Waals surface area (Å²) in [6.07, 6.45) is 5.91. The summed E-state index contributed by atoms with van der Waals surface area (Å²) in [7, 11) is 1.69. The normalized spacial score (nSPS) is 18.5. The molecule has 4 nitrogen and oxygen atoms in total. The molecule has 1 aromatic carbocycles. The molecule has 1 saturated heterocycles. The molecular weight excluding hydrogens is 288 g/mol. The van der Waals surface area contributed by atoms with E-state index in [9.17, 15) is 9.59 Å². The van der Waals surface area contributed by atoms with E-state index in [1.54, 1.807) is 19.3 Å². The number of hydrogen-bond donors (Lipinski definition) is 0.